The van der Waals surface area contributed by atoms with Gasteiger partial charge in [-0.15, -0.1) is 0 Å². The summed E-state index contributed by atoms with van der Waals surface area (Å²) in [6.45, 7) is 0.102. The largest absolute Gasteiger partial charge is 0.491 e. The third-order valence-corrected chi connectivity index (χ3v) is 5.12. The van der Waals surface area contributed by atoms with E-state index in [0.717, 1.165) is 23.9 Å². The van der Waals surface area contributed by atoms with Crippen LogP contribution in [0.1, 0.15) is 24.8 Å². The fourth-order valence-corrected chi connectivity index (χ4v) is 3.82. The lowest BCUT2D eigenvalue weighted by Crippen LogP contribution is -2.39. The molecule has 3 N–H and O–H groups in total. The molecule has 1 fully saturated rings. The number of ether oxygens (including phenoxy) is 1. The van der Waals surface area contributed by atoms with Gasteiger partial charge in [-0.05, 0) is 17.8 Å². The van der Waals surface area contributed by atoms with Crippen LogP contribution in [0.2, 0.25) is 0 Å². The van der Waals surface area contributed by atoms with Crippen LogP contribution in [-0.4, -0.2) is 34.7 Å². The molecule has 1 spiro atoms. The number of carbonyl (C=O) groups is 4. The van der Waals surface area contributed by atoms with Gasteiger partial charge in [0.2, 0.25) is 11.8 Å². The zero-order chi connectivity index (χ0) is 18.2. The first-order valence-corrected chi connectivity index (χ1v) is 8.16. The Hall–Kier alpha value is -2.62. The smallest absolute Gasteiger partial charge is 0.303 e. The number of carboxylic acids is 1. The van der Waals surface area contributed by atoms with Gasteiger partial charge in [0.25, 0.3) is 5.24 Å². The Bertz CT molecular complexity index is 798. The van der Waals surface area contributed by atoms with E-state index < -0.39 is 33.6 Å². The van der Waals surface area contributed by atoms with Crippen molar-refractivity contribution in [3.8, 4) is 5.75 Å². The molecule has 3 rings (SSSR count). The van der Waals surface area contributed by atoms with Crippen molar-refractivity contribution >= 4 is 40.5 Å². The second kappa shape index (κ2) is 6.36. The highest BCUT2D eigenvalue weighted by atomic mass is 32.2. The number of hydrogen-bond donors (Lipinski definition) is 3. The Balaban J connectivity index is 1.96. The molecule has 0 bridgehead atoms. The minimum absolute atomic E-state index is 0.00258. The van der Waals surface area contributed by atoms with Crippen LogP contribution in [-0.2, 0) is 19.1 Å². The first kappa shape index (κ1) is 17.2. The maximum absolute atomic E-state index is 14.1. The highest BCUT2D eigenvalue weighted by Crippen LogP contribution is 2.52. The van der Waals surface area contributed by atoms with E-state index in [1.807, 2.05) is 0 Å². The van der Waals surface area contributed by atoms with Gasteiger partial charge < -0.3 is 15.2 Å². The zero-order valence-corrected chi connectivity index (χ0v) is 13.6. The number of thioether (sulfide) groups is 1. The van der Waals surface area contributed by atoms with Gasteiger partial charge in [-0.1, -0.05) is 0 Å². The molecule has 3 amide bonds. The van der Waals surface area contributed by atoms with E-state index in [1.54, 1.807) is 0 Å². The van der Waals surface area contributed by atoms with Crippen LogP contribution in [0, 0.1) is 5.82 Å². The number of fused-ring (bicyclic) bond motifs is 2. The predicted molar refractivity (Wildman–Crippen MR) is 84.8 cm³/mol. The number of rotatable bonds is 4. The summed E-state index contributed by atoms with van der Waals surface area (Å²) in [5.41, 5.74) is 0.165. The third-order valence-electron chi connectivity index (χ3n) is 3.88. The molecule has 0 aliphatic carbocycles. The minimum Gasteiger partial charge on any atom is -0.491 e. The summed E-state index contributed by atoms with van der Waals surface area (Å²) in [5, 5.41) is 12.7. The van der Waals surface area contributed by atoms with Crippen molar-refractivity contribution in [1.82, 2.24) is 5.32 Å². The lowest BCUT2D eigenvalue weighted by Gasteiger charge is -2.32. The van der Waals surface area contributed by atoms with Crippen LogP contribution >= 0.6 is 11.8 Å². The summed E-state index contributed by atoms with van der Waals surface area (Å²) < 4.78 is 18.3. The Labute approximate surface area is 145 Å². The molecular formula is C15H13FN2O6S. The molecule has 0 radical (unpaired) electrons. The van der Waals surface area contributed by atoms with E-state index in [2.05, 4.69) is 10.6 Å². The number of benzene rings is 1. The predicted octanol–water partition coefficient (Wildman–Crippen LogP) is 1.59. The van der Waals surface area contributed by atoms with Gasteiger partial charge in [0.05, 0.1) is 18.7 Å². The first-order chi connectivity index (χ1) is 11.8. The number of carboxylic acid groups (broad SMARTS) is 1. The van der Waals surface area contributed by atoms with E-state index in [-0.39, 0.29) is 42.9 Å². The van der Waals surface area contributed by atoms with Crippen molar-refractivity contribution < 1.29 is 33.4 Å². The monoisotopic (exact) mass is 368 g/mol. The van der Waals surface area contributed by atoms with E-state index in [9.17, 15) is 23.6 Å². The van der Waals surface area contributed by atoms with Crippen LogP contribution in [0.5, 0.6) is 5.75 Å². The molecule has 8 nitrogen and oxygen atoms in total. The number of anilines is 1. The average molecular weight is 368 g/mol. The zero-order valence-electron chi connectivity index (χ0n) is 12.8. The molecule has 25 heavy (non-hydrogen) atoms. The van der Waals surface area contributed by atoms with E-state index in [1.165, 1.54) is 0 Å². The van der Waals surface area contributed by atoms with Gasteiger partial charge in [-0.3, -0.25) is 24.5 Å². The number of nitrogens with one attached hydrogen (secondary N) is 2. The van der Waals surface area contributed by atoms with Crippen molar-refractivity contribution in [2.75, 3.05) is 11.9 Å². The van der Waals surface area contributed by atoms with Gasteiger partial charge in [-0.25, -0.2) is 4.39 Å². The van der Waals surface area contributed by atoms with Gasteiger partial charge in [-0.2, -0.15) is 0 Å². The van der Waals surface area contributed by atoms with Crippen LogP contribution in [0.4, 0.5) is 14.9 Å². The van der Waals surface area contributed by atoms with E-state index >= 15 is 0 Å². The number of aliphatic carboxylic acids is 1. The summed E-state index contributed by atoms with van der Waals surface area (Å²) in [7, 11) is 0. The molecule has 1 unspecified atom stereocenters. The molecule has 132 valence electrons. The lowest BCUT2D eigenvalue weighted by molar-refractivity contribution is -0.138. The SMILES string of the molecule is O=C(O)CCC(=O)Nc1cc(F)cc2c1OCCC21SC(=O)NC1=O. The Kier molecular flexibility index (Phi) is 4.38. The number of imide groups is 1. The second-order valence-electron chi connectivity index (χ2n) is 5.54. The van der Waals surface area contributed by atoms with Gasteiger partial charge >= 0.3 is 5.97 Å². The third kappa shape index (κ3) is 3.16. The number of carbonyl (C=O) groups excluding carboxylic acids is 3. The maximum atomic E-state index is 14.1. The molecule has 1 aromatic rings. The molecule has 1 atom stereocenters. The number of halogens is 1. The number of amides is 3. The highest BCUT2D eigenvalue weighted by Gasteiger charge is 2.53. The van der Waals surface area contributed by atoms with E-state index in [0.29, 0.717) is 0 Å². The standard InChI is InChI=1S/C15H13FN2O6S/c16-7-5-8-12(9(6-7)17-10(19)1-2-11(20)21)24-4-3-15(8)13(22)18-14(23)25-15/h5-6H,1-4H2,(H,17,19)(H,20,21)(H,18,22,23). The second-order valence-corrected chi connectivity index (χ2v) is 6.81. The van der Waals surface area contributed by atoms with Crippen molar-refractivity contribution in [1.29, 1.82) is 0 Å². The average Bonchev–Trinajstić information content (AvgIpc) is 2.81. The minimum atomic E-state index is -1.30. The molecule has 2 aliphatic rings. The van der Waals surface area contributed by atoms with Crippen molar-refractivity contribution in [2.24, 2.45) is 0 Å². The Morgan fingerprint density at radius 3 is 2.76 bits per heavy atom. The normalized spacial score (nSPS) is 21.5. The lowest BCUT2D eigenvalue weighted by atomic mass is 9.90. The highest BCUT2D eigenvalue weighted by molar-refractivity contribution is 8.15. The fraction of sp³-hybridized carbons (Fsp3) is 0.333. The van der Waals surface area contributed by atoms with Gasteiger partial charge in [0.1, 0.15) is 16.3 Å². The molecular weight excluding hydrogens is 355 g/mol. The van der Waals surface area contributed by atoms with E-state index in [4.69, 9.17) is 9.84 Å². The molecule has 1 saturated heterocycles. The van der Waals surface area contributed by atoms with Crippen molar-refractivity contribution in [3.05, 3.63) is 23.5 Å². The summed E-state index contributed by atoms with van der Waals surface area (Å²) in [5.74, 6) is -2.93. The van der Waals surface area contributed by atoms with Crippen molar-refractivity contribution in [3.63, 3.8) is 0 Å². The van der Waals surface area contributed by atoms with Crippen LogP contribution in [0.3, 0.4) is 0 Å². The quantitative estimate of drug-likeness (QED) is 0.738. The Morgan fingerprint density at radius 2 is 2.12 bits per heavy atom. The molecule has 0 aromatic heterocycles. The van der Waals surface area contributed by atoms with Crippen LogP contribution in [0.15, 0.2) is 12.1 Å². The van der Waals surface area contributed by atoms with Crippen molar-refractivity contribution in [2.45, 2.75) is 24.0 Å². The summed E-state index contributed by atoms with van der Waals surface area (Å²) in [4.78, 5) is 46.3. The summed E-state index contributed by atoms with van der Waals surface area (Å²) in [6, 6.07) is 2.13. The molecule has 2 heterocycles. The van der Waals surface area contributed by atoms with Crippen LogP contribution < -0.4 is 15.4 Å². The first-order valence-electron chi connectivity index (χ1n) is 7.35. The maximum Gasteiger partial charge on any atom is 0.303 e. The summed E-state index contributed by atoms with van der Waals surface area (Å²) >= 11 is 0.753. The van der Waals surface area contributed by atoms with Gasteiger partial charge in [0.15, 0.2) is 0 Å². The van der Waals surface area contributed by atoms with Crippen LogP contribution in [0.25, 0.3) is 0 Å². The molecule has 1 aromatic carbocycles. The topological polar surface area (TPSA) is 122 Å². The molecule has 10 heteroatoms. The summed E-state index contributed by atoms with van der Waals surface area (Å²) in [6.07, 6.45) is -0.488. The van der Waals surface area contributed by atoms with Gasteiger partial charge in [0, 0.05) is 24.5 Å². The Morgan fingerprint density at radius 1 is 1.36 bits per heavy atom. The molecule has 0 saturated carbocycles. The fourth-order valence-electron chi connectivity index (χ4n) is 2.77. The molecule has 2 aliphatic heterocycles. The number of hydrogen-bond acceptors (Lipinski definition) is 6.